The van der Waals surface area contributed by atoms with Crippen molar-refractivity contribution >= 4 is 28.8 Å². The number of hydrogen-bond acceptors (Lipinski definition) is 4. The molecule has 2 aromatic rings. The predicted octanol–water partition coefficient (Wildman–Crippen LogP) is 3.12. The van der Waals surface area contributed by atoms with E-state index in [0.717, 1.165) is 28.2 Å². The number of ether oxygens (including phenoxy) is 1. The van der Waals surface area contributed by atoms with E-state index in [2.05, 4.69) is 16.5 Å². The SMILES string of the molecule is CCC(COC)n1c(SCC(=O)O)nc2c(C)cccc21. The second-order valence-electron chi connectivity index (χ2n) is 4.91. The maximum atomic E-state index is 10.8. The molecule has 0 saturated heterocycles. The Hall–Kier alpha value is -1.53. The van der Waals surface area contributed by atoms with Crippen molar-refractivity contribution in [2.75, 3.05) is 19.5 Å². The largest absolute Gasteiger partial charge is 0.481 e. The number of fused-ring (bicyclic) bond motifs is 1. The average molecular weight is 308 g/mol. The molecule has 1 heterocycles. The first-order valence-corrected chi connectivity index (χ1v) is 7.88. The molecule has 0 aliphatic carbocycles. The summed E-state index contributed by atoms with van der Waals surface area (Å²) in [5.41, 5.74) is 3.06. The van der Waals surface area contributed by atoms with E-state index in [1.54, 1.807) is 7.11 Å². The van der Waals surface area contributed by atoms with Gasteiger partial charge in [-0.05, 0) is 25.0 Å². The molecule has 0 radical (unpaired) electrons. The van der Waals surface area contributed by atoms with E-state index in [4.69, 9.17) is 9.84 Å². The van der Waals surface area contributed by atoms with Crippen LogP contribution in [0.5, 0.6) is 0 Å². The molecule has 0 spiro atoms. The molecule has 0 amide bonds. The lowest BCUT2D eigenvalue weighted by molar-refractivity contribution is -0.133. The second kappa shape index (κ2) is 6.95. The highest BCUT2D eigenvalue weighted by atomic mass is 32.2. The number of carbonyl (C=O) groups is 1. The van der Waals surface area contributed by atoms with E-state index in [-0.39, 0.29) is 11.8 Å². The molecule has 1 atom stereocenters. The zero-order valence-electron chi connectivity index (χ0n) is 12.5. The number of aromatic nitrogens is 2. The molecule has 2 rings (SSSR count). The molecule has 1 aromatic carbocycles. The van der Waals surface area contributed by atoms with Gasteiger partial charge in [0.1, 0.15) is 0 Å². The number of carboxylic acid groups (broad SMARTS) is 1. The number of benzene rings is 1. The molecule has 1 N–H and O–H groups in total. The minimum absolute atomic E-state index is 0.00574. The zero-order valence-corrected chi connectivity index (χ0v) is 13.3. The fraction of sp³-hybridized carbons (Fsp3) is 0.467. The molecule has 0 aliphatic heterocycles. The van der Waals surface area contributed by atoms with Gasteiger partial charge in [-0.25, -0.2) is 4.98 Å². The molecule has 21 heavy (non-hydrogen) atoms. The van der Waals surface area contributed by atoms with Gasteiger partial charge in [0, 0.05) is 7.11 Å². The lowest BCUT2D eigenvalue weighted by Crippen LogP contribution is -2.15. The van der Waals surface area contributed by atoms with Crippen LogP contribution in [-0.2, 0) is 9.53 Å². The maximum absolute atomic E-state index is 10.8. The monoisotopic (exact) mass is 308 g/mol. The molecule has 1 unspecified atom stereocenters. The highest BCUT2D eigenvalue weighted by Crippen LogP contribution is 2.30. The fourth-order valence-corrected chi connectivity index (χ4v) is 3.18. The molecular weight excluding hydrogens is 288 g/mol. The molecule has 5 nitrogen and oxygen atoms in total. The van der Waals surface area contributed by atoms with Gasteiger partial charge >= 0.3 is 5.97 Å². The number of carboxylic acids is 1. The van der Waals surface area contributed by atoms with Crippen molar-refractivity contribution in [3.63, 3.8) is 0 Å². The van der Waals surface area contributed by atoms with Crippen LogP contribution < -0.4 is 0 Å². The van der Waals surface area contributed by atoms with Gasteiger partial charge in [-0.2, -0.15) is 0 Å². The quantitative estimate of drug-likeness (QED) is 0.796. The molecule has 0 aliphatic rings. The minimum atomic E-state index is -0.838. The standard InChI is InChI=1S/C15H20N2O3S/c1-4-11(8-20-3)17-12-7-5-6-10(2)14(12)16-15(17)21-9-13(18)19/h5-7,11H,4,8-9H2,1-3H3,(H,18,19). The van der Waals surface area contributed by atoms with E-state index < -0.39 is 5.97 Å². The lowest BCUT2D eigenvalue weighted by atomic mass is 10.2. The first kappa shape index (κ1) is 15.9. The fourth-order valence-electron chi connectivity index (χ4n) is 2.38. The Balaban J connectivity index is 2.53. The normalized spacial score (nSPS) is 12.7. The third-order valence-corrected chi connectivity index (χ3v) is 4.35. The number of hydrogen-bond donors (Lipinski definition) is 1. The molecular formula is C15H20N2O3S. The summed E-state index contributed by atoms with van der Waals surface area (Å²) in [5.74, 6) is -0.832. The van der Waals surface area contributed by atoms with Gasteiger partial charge in [0.25, 0.3) is 0 Å². The number of thioether (sulfide) groups is 1. The average Bonchev–Trinajstić information content (AvgIpc) is 2.82. The summed E-state index contributed by atoms with van der Waals surface area (Å²) < 4.78 is 7.41. The molecule has 0 saturated carbocycles. The van der Waals surface area contributed by atoms with Crippen LogP contribution in [0.15, 0.2) is 23.4 Å². The third-order valence-electron chi connectivity index (χ3n) is 3.41. The Bertz CT molecular complexity index is 639. The van der Waals surface area contributed by atoms with Crippen LogP contribution >= 0.6 is 11.8 Å². The van der Waals surface area contributed by atoms with Gasteiger partial charge in [0.2, 0.25) is 0 Å². The maximum Gasteiger partial charge on any atom is 0.313 e. The van der Waals surface area contributed by atoms with Gasteiger partial charge in [-0.3, -0.25) is 4.79 Å². The van der Waals surface area contributed by atoms with Gasteiger partial charge in [-0.1, -0.05) is 30.8 Å². The van der Waals surface area contributed by atoms with Gasteiger partial charge in [0.15, 0.2) is 5.16 Å². The van der Waals surface area contributed by atoms with Crippen LogP contribution in [0.3, 0.4) is 0 Å². The Kier molecular flexibility index (Phi) is 5.25. The molecule has 114 valence electrons. The van der Waals surface area contributed by atoms with Crippen molar-refractivity contribution in [3.8, 4) is 0 Å². The Morgan fingerprint density at radius 1 is 1.52 bits per heavy atom. The predicted molar refractivity (Wildman–Crippen MR) is 84.0 cm³/mol. The van der Waals surface area contributed by atoms with Crippen molar-refractivity contribution in [2.24, 2.45) is 0 Å². The number of nitrogens with zero attached hydrogens (tertiary/aromatic N) is 2. The molecule has 1 aromatic heterocycles. The Morgan fingerprint density at radius 3 is 2.90 bits per heavy atom. The summed E-state index contributed by atoms with van der Waals surface area (Å²) in [7, 11) is 1.68. The van der Waals surface area contributed by atoms with E-state index in [0.29, 0.717) is 6.61 Å². The summed E-state index contributed by atoms with van der Waals surface area (Å²) in [5, 5.41) is 9.65. The van der Waals surface area contributed by atoms with Crippen molar-refractivity contribution in [3.05, 3.63) is 23.8 Å². The Labute approximate surface area is 128 Å². The van der Waals surface area contributed by atoms with Gasteiger partial charge in [0.05, 0.1) is 29.4 Å². The van der Waals surface area contributed by atoms with Crippen LogP contribution in [0.1, 0.15) is 24.9 Å². The van der Waals surface area contributed by atoms with Gasteiger partial charge < -0.3 is 14.4 Å². The van der Waals surface area contributed by atoms with Gasteiger partial charge in [-0.15, -0.1) is 0 Å². The summed E-state index contributed by atoms with van der Waals surface area (Å²) >= 11 is 1.26. The first-order chi connectivity index (χ1) is 10.1. The summed E-state index contributed by atoms with van der Waals surface area (Å²) in [6, 6.07) is 6.19. The van der Waals surface area contributed by atoms with Crippen LogP contribution in [0.25, 0.3) is 11.0 Å². The van der Waals surface area contributed by atoms with Crippen molar-refractivity contribution in [1.29, 1.82) is 0 Å². The van der Waals surface area contributed by atoms with E-state index in [1.807, 2.05) is 25.1 Å². The zero-order chi connectivity index (χ0) is 15.4. The van der Waals surface area contributed by atoms with Crippen molar-refractivity contribution < 1.29 is 14.6 Å². The summed E-state index contributed by atoms with van der Waals surface area (Å²) in [6.45, 7) is 4.69. The smallest absolute Gasteiger partial charge is 0.313 e. The number of aliphatic carboxylic acids is 1. The first-order valence-electron chi connectivity index (χ1n) is 6.89. The summed E-state index contributed by atoms with van der Waals surface area (Å²) in [4.78, 5) is 15.5. The summed E-state index contributed by atoms with van der Waals surface area (Å²) in [6.07, 6.45) is 0.897. The lowest BCUT2D eigenvalue weighted by Gasteiger charge is -2.19. The molecule has 0 fully saturated rings. The van der Waals surface area contributed by atoms with Crippen LogP contribution in [0.4, 0.5) is 0 Å². The number of aryl methyl sites for hydroxylation is 1. The minimum Gasteiger partial charge on any atom is -0.481 e. The van der Waals surface area contributed by atoms with Crippen LogP contribution in [0, 0.1) is 6.92 Å². The number of imidazole rings is 1. The van der Waals surface area contributed by atoms with E-state index in [1.165, 1.54) is 11.8 Å². The number of para-hydroxylation sites is 1. The Morgan fingerprint density at radius 2 is 2.29 bits per heavy atom. The highest BCUT2D eigenvalue weighted by Gasteiger charge is 2.19. The number of rotatable bonds is 7. The third kappa shape index (κ3) is 3.39. The van der Waals surface area contributed by atoms with Crippen molar-refractivity contribution in [2.45, 2.75) is 31.5 Å². The van der Waals surface area contributed by atoms with Crippen LogP contribution in [0.2, 0.25) is 0 Å². The van der Waals surface area contributed by atoms with E-state index >= 15 is 0 Å². The second-order valence-corrected chi connectivity index (χ2v) is 5.85. The topological polar surface area (TPSA) is 64.3 Å². The molecule has 6 heteroatoms. The van der Waals surface area contributed by atoms with Crippen molar-refractivity contribution in [1.82, 2.24) is 9.55 Å². The molecule has 0 bridgehead atoms. The highest BCUT2D eigenvalue weighted by molar-refractivity contribution is 7.99. The number of methoxy groups -OCH3 is 1. The van der Waals surface area contributed by atoms with E-state index in [9.17, 15) is 4.79 Å². The van der Waals surface area contributed by atoms with Crippen LogP contribution in [-0.4, -0.2) is 40.1 Å².